The fraction of sp³-hybridized carbons (Fsp3) is 0.500. The normalized spacial score (nSPS) is 10.3. The van der Waals surface area contributed by atoms with Crippen molar-refractivity contribution in [2.45, 2.75) is 26.7 Å². The summed E-state index contributed by atoms with van der Waals surface area (Å²) in [6.45, 7) is 4.89. The molecule has 0 saturated carbocycles. The lowest BCUT2D eigenvalue weighted by atomic mass is 10.1. The largest absolute Gasteiger partial charge is 0.490 e. The van der Waals surface area contributed by atoms with Gasteiger partial charge in [-0.05, 0) is 24.5 Å². The Morgan fingerprint density at radius 1 is 1.18 bits per heavy atom. The number of carbonyl (C=O) groups excluding carboxylic acids is 1. The first kappa shape index (κ1) is 13.6. The molecule has 0 N–H and O–H groups in total. The number of esters is 1. The number of ether oxygens (including phenoxy) is 2. The Bertz CT molecular complexity index is 319. The van der Waals surface area contributed by atoms with E-state index in [1.54, 1.807) is 0 Å². The van der Waals surface area contributed by atoms with Crippen LogP contribution in [-0.2, 0) is 9.53 Å². The van der Waals surface area contributed by atoms with E-state index >= 15 is 0 Å². The molecular weight excluding hydrogens is 216 g/mol. The molecule has 0 aliphatic carbocycles. The summed E-state index contributed by atoms with van der Waals surface area (Å²) < 4.78 is 10.5. The number of benzene rings is 1. The number of hydrogen-bond donors (Lipinski definition) is 0. The zero-order valence-corrected chi connectivity index (χ0v) is 10.5. The summed E-state index contributed by atoms with van der Waals surface area (Å²) in [6.07, 6.45) is 1.36. The Labute approximate surface area is 103 Å². The van der Waals surface area contributed by atoms with Crippen LogP contribution in [0, 0.1) is 5.92 Å². The summed E-state index contributed by atoms with van der Waals surface area (Å²) in [6, 6.07) is 9.49. The van der Waals surface area contributed by atoms with Gasteiger partial charge in [-0.15, -0.1) is 0 Å². The summed E-state index contributed by atoms with van der Waals surface area (Å²) >= 11 is 0. The van der Waals surface area contributed by atoms with Crippen LogP contribution in [0.2, 0.25) is 0 Å². The van der Waals surface area contributed by atoms with Crippen molar-refractivity contribution >= 4 is 5.97 Å². The Kier molecular flexibility index (Phi) is 6.15. The fourth-order valence-corrected chi connectivity index (χ4v) is 1.31. The maximum atomic E-state index is 11.3. The number of para-hydroxylation sites is 1. The molecule has 0 saturated heterocycles. The highest BCUT2D eigenvalue weighted by Gasteiger charge is 2.04. The summed E-state index contributed by atoms with van der Waals surface area (Å²) in [7, 11) is 0. The van der Waals surface area contributed by atoms with Gasteiger partial charge in [0.2, 0.25) is 0 Å². The van der Waals surface area contributed by atoms with E-state index in [4.69, 9.17) is 9.47 Å². The molecule has 0 aliphatic rings. The zero-order chi connectivity index (χ0) is 12.5. The molecule has 0 aromatic heterocycles. The van der Waals surface area contributed by atoms with Gasteiger partial charge in [0.15, 0.2) is 0 Å². The zero-order valence-electron chi connectivity index (χ0n) is 10.5. The van der Waals surface area contributed by atoms with E-state index in [9.17, 15) is 4.79 Å². The molecule has 17 heavy (non-hydrogen) atoms. The van der Waals surface area contributed by atoms with Crippen LogP contribution in [0.15, 0.2) is 30.3 Å². The molecule has 3 nitrogen and oxygen atoms in total. The Morgan fingerprint density at radius 2 is 1.88 bits per heavy atom. The van der Waals surface area contributed by atoms with Crippen LogP contribution in [0.5, 0.6) is 5.75 Å². The molecule has 1 rings (SSSR count). The Hall–Kier alpha value is -1.51. The summed E-state index contributed by atoms with van der Waals surface area (Å²) in [4.78, 5) is 11.3. The first-order valence-corrected chi connectivity index (χ1v) is 6.02. The first-order valence-electron chi connectivity index (χ1n) is 6.02. The average molecular weight is 236 g/mol. The van der Waals surface area contributed by atoms with Crippen LogP contribution in [0.4, 0.5) is 0 Å². The highest BCUT2D eigenvalue weighted by molar-refractivity contribution is 5.69. The van der Waals surface area contributed by atoms with Crippen molar-refractivity contribution in [2.75, 3.05) is 13.2 Å². The molecule has 3 heteroatoms. The van der Waals surface area contributed by atoms with Crippen LogP contribution >= 0.6 is 0 Å². The third-order valence-electron chi connectivity index (χ3n) is 2.28. The predicted octanol–water partition coefficient (Wildman–Crippen LogP) is 3.04. The van der Waals surface area contributed by atoms with Crippen LogP contribution < -0.4 is 4.74 Å². The number of rotatable bonds is 7. The standard InChI is InChI=1S/C14H20O3/c1-12(2)8-9-14(15)17-11-10-16-13-6-4-3-5-7-13/h3-7,12H,8-11H2,1-2H3. The third kappa shape index (κ3) is 6.61. The lowest BCUT2D eigenvalue weighted by Crippen LogP contribution is -2.12. The second-order valence-corrected chi connectivity index (χ2v) is 4.31. The van der Waals surface area contributed by atoms with E-state index in [1.807, 2.05) is 30.3 Å². The number of hydrogen-bond acceptors (Lipinski definition) is 3. The molecule has 1 aromatic carbocycles. The van der Waals surface area contributed by atoms with E-state index in [1.165, 1.54) is 0 Å². The van der Waals surface area contributed by atoms with Gasteiger partial charge in [0.25, 0.3) is 0 Å². The van der Waals surface area contributed by atoms with E-state index in [-0.39, 0.29) is 5.97 Å². The van der Waals surface area contributed by atoms with Crippen molar-refractivity contribution in [1.82, 2.24) is 0 Å². The van der Waals surface area contributed by atoms with Gasteiger partial charge in [0.05, 0.1) is 0 Å². The minimum atomic E-state index is -0.143. The number of carbonyl (C=O) groups is 1. The van der Waals surface area contributed by atoms with Gasteiger partial charge in [-0.2, -0.15) is 0 Å². The van der Waals surface area contributed by atoms with Gasteiger partial charge >= 0.3 is 5.97 Å². The van der Waals surface area contributed by atoms with Gasteiger partial charge in [-0.3, -0.25) is 4.79 Å². The quantitative estimate of drug-likeness (QED) is 0.539. The van der Waals surface area contributed by atoms with E-state index in [2.05, 4.69) is 13.8 Å². The smallest absolute Gasteiger partial charge is 0.305 e. The molecule has 0 atom stereocenters. The second kappa shape index (κ2) is 7.71. The molecule has 0 fully saturated rings. The van der Waals surface area contributed by atoms with Crippen molar-refractivity contribution in [2.24, 2.45) is 5.92 Å². The maximum absolute atomic E-state index is 11.3. The molecule has 0 aliphatic heterocycles. The van der Waals surface area contributed by atoms with Gasteiger partial charge in [0, 0.05) is 6.42 Å². The Balaban J connectivity index is 2.06. The fourth-order valence-electron chi connectivity index (χ4n) is 1.31. The summed E-state index contributed by atoms with van der Waals surface area (Å²) in [5.74, 6) is 1.18. The minimum absolute atomic E-state index is 0.143. The summed E-state index contributed by atoms with van der Waals surface area (Å²) in [5, 5.41) is 0. The lowest BCUT2D eigenvalue weighted by Gasteiger charge is -2.08. The molecule has 0 spiro atoms. The van der Waals surface area contributed by atoms with Crippen molar-refractivity contribution in [3.05, 3.63) is 30.3 Å². The Morgan fingerprint density at radius 3 is 2.53 bits per heavy atom. The van der Waals surface area contributed by atoms with Gasteiger partial charge < -0.3 is 9.47 Å². The molecule has 0 unspecified atom stereocenters. The third-order valence-corrected chi connectivity index (χ3v) is 2.28. The van der Waals surface area contributed by atoms with E-state index < -0.39 is 0 Å². The highest BCUT2D eigenvalue weighted by atomic mass is 16.6. The maximum Gasteiger partial charge on any atom is 0.305 e. The molecular formula is C14H20O3. The van der Waals surface area contributed by atoms with Crippen LogP contribution in [0.3, 0.4) is 0 Å². The molecule has 94 valence electrons. The monoisotopic (exact) mass is 236 g/mol. The van der Waals surface area contributed by atoms with Crippen molar-refractivity contribution in [1.29, 1.82) is 0 Å². The van der Waals surface area contributed by atoms with Crippen molar-refractivity contribution in [3.8, 4) is 5.75 Å². The van der Waals surface area contributed by atoms with Crippen LogP contribution in [0.25, 0.3) is 0 Å². The highest BCUT2D eigenvalue weighted by Crippen LogP contribution is 2.08. The minimum Gasteiger partial charge on any atom is -0.490 e. The molecule has 1 aromatic rings. The second-order valence-electron chi connectivity index (χ2n) is 4.31. The topological polar surface area (TPSA) is 35.5 Å². The molecule has 0 bridgehead atoms. The van der Waals surface area contributed by atoms with Gasteiger partial charge in [-0.1, -0.05) is 32.0 Å². The van der Waals surface area contributed by atoms with Gasteiger partial charge in [0.1, 0.15) is 19.0 Å². The average Bonchev–Trinajstić information content (AvgIpc) is 2.33. The van der Waals surface area contributed by atoms with Crippen molar-refractivity contribution < 1.29 is 14.3 Å². The van der Waals surface area contributed by atoms with Crippen LogP contribution in [0.1, 0.15) is 26.7 Å². The van der Waals surface area contributed by atoms with Crippen molar-refractivity contribution in [3.63, 3.8) is 0 Å². The summed E-state index contributed by atoms with van der Waals surface area (Å²) in [5.41, 5.74) is 0. The first-order chi connectivity index (χ1) is 8.18. The lowest BCUT2D eigenvalue weighted by molar-refractivity contribution is -0.144. The van der Waals surface area contributed by atoms with Gasteiger partial charge in [-0.25, -0.2) is 0 Å². The van der Waals surface area contributed by atoms with Crippen LogP contribution in [-0.4, -0.2) is 19.2 Å². The van der Waals surface area contributed by atoms with E-state index in [0.29, 0.717) is 25.6 Å². The molecule has 0 heterocycles. The van der Waals surface area contributed by atoms with E-state index in [0.717, 1.165) is 12.2 Å². The molecule has 0 radical (unpaired) electrons. The predicted molar refractivity (Wildman–Crippen MR) is 67.0 cm³/mol. The SMILES string of the molecule is CC(C)CCC(=O)OCCOc1ccccc1. The molecule has 0 amide bonds.